The lowest BCUT2D eigenvalue weighted by atomic mass is 9.87. The minimum atomic E-state index is -1.07. The van der Waals surface area contributed by atoms with Gasteiger partial charge >= 0.3 is 5.97 Å². The first-order chi connectivity index (χ1) is 8.56. The van der Waals surface area contributed by atoms with Crippen LogP contribution in [0.2, 0.25) is 0 Å². The SMILES string of the molecule is COC(CNC(=O)C(C)C1CCOCC1)C(=O)O. The molecule has 1 aliphatic rings. The molecule has 2 unspecified atom stereocenters. The summed E-state index contributed by atoms with van der Waals surface area (Å²) in [4.78, 5) is 22.6. The molecule has 1 amide bonds. The van der Waals surface area contributed by atoms with Crippen LogP contribution < -0.4 is 5.32 Å². The minimum absolute atomic E-state index is 0.00176. The van der Waals surface area contributed by atoms with Gasteiger partial charge in [0.15, 0.2) is 6.10 Å². The predicted octanol–water partition coefficient (Wildman–Crippen LogP) is 0.265. The fourth-order valence-corrected chi connectivity index (χ4v) is 2.06. The summed E-state index contributed by atoms with van der Waals surface area (Å²) in [7, 11) is 1.31. The quantitative estimate of drug-likeness (QED) is 0.715. The predicted molar refractivity (Wildman–Crippen MR) is 64.1 cm³/mol. The van der Waals surface area contributed by atoms with Crippen molar-refractivity contribution in [3.63, 3.8) is 0 Å². The van der Waals surface area contributed by atoms with E-state index in [1.807, 2.05) is 6.92 Å². The number of aliphatic carboxylic acids is 1. The molecule has 6 heteroatoms. The molecule has 2 N–H and O–H groups in total. The molecule has 2 atom stereocenters. The molecule has 6 nitrogen and oxygen atoms in total. The monoisotopic (exact) mass is 259 g/mol. The third-order valence-electron chi connectivity index (χ3n) is 3.41. The summed E-state index contributed by atoms with van der Waals surface area (Å²) in [6.45, 7) is 3.25. The molecular formula is C12H21NO5. The summed E-state index contributed by atoms with van der Waals surface area (Å²) in [5.74, 6) is -1.01. The van der Waals surface area contributed by atoms with Crippen LogP contribution >= 0.6 is 0 Å². The molecule has 0 radical (unpaired) electrons. The van der Waals surface area contributed by atoms with Crippen LogP contribution in [0.25, 0.3) is 0 Å². The second-order valence-corrected chi connectivity index (χ2v) is 4.55. The maximum Gasteiger partial charge on any atom is 0.334 e. The van der Waals surface area contributed by atoms with Crippen molar-refractivity contribution >= 4 is 11.9 Å². The Morgan fingerprint density at radius 1 is 1.44 bits per heavy atom. The maximum atomic E-state index is 11.9. The molecule has 0 aromatic rings. The van der Waals surface area contributed by atoms with Crippen LogP contribution in [-0.4, -0.2) is 50.0 Å². The first kappa shape index (κ1) is 14.9. The Morgan fingerprint density at radius 2 is 2.06 bits per heavy atom. The lowest BCUT2D eigenvalue weighted by Crippen LogP contribution is -2.42. The van der Waals surface area contributed by atoms with Gasteiger partial charge in [-0.05, 0) is 18.8 Å². The van der Waals surface area contributed by atoms with E-state index in [1.54, 1.807) is 0 Å². The molecule has 1 heterocycles. The Morgan fingerprint density at radius 3 is 2.56 bits per heavy atom. The van der Waals surface area contributed by atoms with E-state index in [4.69, 9.17) is 14.6 Å². The van der Waals surface area contributed by atoms with Crippen LogP contribution in [0.15, 0.2) is 0 Å². The van der Waals surface area contributed by atoms with E-state index in [0.29, 0.717) is 19.1 Å². The van der Waals surface area contributed by atoms with E-state index >= 15 is 0 Å². The molecule has 1 fully saturated rings. The van der Waals surface area contributed by atoms with Gasteiger partial charge in [0, 0.05) is 26.2 Å². The molecular weight excluding hydrogens is 238 g/mol. The summed E-state index contributed by atoms with van der Waals surface area (Å²) in [6, 6.07) is 0. The number of hydrogen-bond donors (Lipinski definition) is 2. The number of carboxylic acid groups (broad SMARTS) is 1. The third-order valence-corrected chi connectivity index (χ3v) is 3.41. The highest BCUT2D eigenvalue weighted by Gasteiger charge is 2.27. The second kappa shape index (κ2) is 7.33. The van der Waals surface area contributed by atoms with Gasteiger partial charge in [-0.3, -0.25) is 4.79 Å². The van der Waals surface area contributed by atoms with Crippen LogP contribution in [0.1, 0.15) is 19.8 Å². The van der Waals surface area contributed by atoms with Gasteiger partial charge in [0.25, 0.3) is 0 Å². The van der Waals surface area contributed by atoms with Crippen LogP contribution in [-0.2, 0) is 19.1 Å². The fourth-order valence-electron chi connectivity index (χ4n) is 2.06. The standard InChI is InChI=1S/C12H21NO5/c1-8(9-3-5-18-6-4-9)11(14)13-7-10(17-2)12(15)16/h8-10H,3-7H2,1-2H3,(H,13,14)(H,15,16). The van der Waals surface area contributed by atoms with Crippen molar-refractivity contribution in [2.24, 2.45) is 11.8 Å². The van der Waals surface area contributed by atoms with E-state index in [9.17, 15) is 9.59 Å². The number of rotatable bonds is 6. The number of carbonyl (C=O) groups is 2. The van der Waals surface area contributed by atoms with Gasteiger partial charge in [0.1, 0.15) is 0 Å². The average molecular weight is 259 g/mol. The summed E-state index contributed by atoms with van der Waals surface area (Å²) in [5.41, 5.74) is 0. The minimum Gasteiger partial charge on any atom is -0.479 e. The van der Waals surface area contributed by atoms with Gasteiger partial charge in [-0.1, -0.05) is 6.92 Å². The van der Waals surface area contributed by atoms with Gasteiger partial charge in [-0.2, -0.15) is 0 Å². The van der Waals surface area contributed by atoms with Crippen LogP contribution in [0, 0.1) is 11.8 Å². The van der Waals surface area contributed by atoms with Crippen LogP contribution in [0.5, 0.6) is 0 Å². The first-order valence-electron chi connectivity index (χ1n) is 6.17. The Kier molecular flexibility index (Phi) is 6.07. The zero-order valence-corrected chi connectivity index (χ0v) is 10.8. The molecule has 1 rings (SSSR count). The lowest BCUT2D eigenvalue weighted by Gasteiger charge is -2.27. The average Bonchev–Trinajstić information content (AvgIpc) is 2.39. The second-order valence-electron chi connectivity index (χ2n) is 4.55. The van der Waals surface area contributed by atoms with Gasteiger partial charge in [0.05, 0.1) is 6.54 Å². The zero-order valence-electron chi connectivity index (χ0n) is 10.8. The number of amides is 1. The molecule has 0 spiro atoms. The number of carbonyl (C=O) groups excluding carboxylic acids is 1. The van der Waals surface area contributed by atoms with Gasteiger partial charge in [-0.15, -0.1) is 0 Å². The van der Waals surface area contributed by atoms with Crippen molar-refractivity contribution in [1.29, 1.82) is 0 Å². The van der Waals surface area contributed by atoms with Crippen LogP contribution in [0.3, 0.4) is 0 Å². The Labute approximate surface area is 107 Å². The summed E-state index contributed by atoms with van der Waals surface area (Å²) in [5, 5.41) is 11.4. The van der Waals surface area contributed by atoms with Crippen molar-refractivity contribution in [3.8, 4) is 0 Å². The number of ether oxygens (including phenoxy) is 2. The van der Waals surface area contributed by atoms with Gasteiger partial charge in [-0.25, -0.2) is 4.79 Å². The van der Waals surface area contributed by atoms with Crippen molar-refractivity contribution < 1.29 is 24.2 Å². The number of methoxy groups -OCH3 is 1. The number of hydrogen-bond acceptors (Lipinski definition) is 4. The zero-order chi connectivity index (χ0) is 13.5. The molecule has 0 aliphatic carbocycles. The molecule has 18 heavy (non-hydrogen) atoms. The summed E-state index contributed by atoms with van der Waals surface area (Å²) >= 11 is 0. The highest BCUT2D eigenvalue weighted by atomic mass is 16.5. The topological polar surface area (TPSA) is 84.9 Å². The summed E-state index contributed by atoms with van der Waals surface area (Å²) < 4.78 is 10.0. The Hall–Kier alpha value is -1.14. The molecule has 0 aromatic heterocycles. The fraction of sp³-hybridized carbons (Fsp3) is 0.833. The number of carboxylic acids is 1. The highest BCUT2D eigenvalue weighted by molar-refractivity contribution is 5.80. The van der Waals surface area contributed by atoms with E-state index < -0.39 is 12.1 Å². The molecule has 1 saturated heterocycles. The first-order valence-corrected chi connectivity index (χ1v) is 6.17. The van der Waals surface area contributed by atoms with Crippen molar-refractivity contribution in [3.05, 3.63) is 0 Å². The maximum absolute atomic E-state index is 11.9. The Bertz CT molecular complexity index is 288. The molecule has 0 aromatic carbocycles. The third kappa shape index (κ3) is 4.27. The molecule has 104 valence electrons. The van der Waals surface area contributed by atoms with Crippen molar-refractivity contribution in [2.75, 3.05) is 26.9 Å². The van der Waals surface area contributed by atoms with E-state index in [2.05, 4.69) is 5.32 Å². The lowest BCUT2D eigenvalue weighted by molar-refractivity contribution is -0.148. The smallest absolute Gasteiger partial charge is 0.334 e. The highest BCUT2D eigenvalue weighted by Crippen LogP contribution is 2.23. The van der Waals surface area contributed by atoms with Crippen LogP contribution in [0.4, 0.5) is 0 Å². The van der Waals surface area contributed by atoms with E-state index in [-0.39, 0.29) is 18.4 Å². The van der Waals surface area contributed by atoms with E-state index in [1.165, 1.54) is 7.11 Å². The molecule has 0 saturated carbocycles. The summed E-state index contributed by atoms with van der Waals surface area (Å²) in [6.07, 6.45) is 0.762. The van der Waals surface area contributed by atoms with Crippen molar-refractivity contribution in [1.82, 2.24) is 5.32 Å². The van der Waals surface area contributed by atoms with Gasteiger partial charge < -0.3 is 19.9 Å². The number of nitrogens with one attached hydrogen (secondary N) is 1. The normalized spacial score (nSPS) is 20.1. The Balaban J connectivity index is 2.37. The van der Waals surface area contributed by atoms with Gasteiger partial charge in [0.2, 0.25) is 5.91 Å². The van der Waals surface area contributed by atoms with E-state index in [0.717, 1.165) is 12.8 Å². The molecule has 0 bridgehead atoms. The largest absolute Gasteiger partial charge is 0.479 e. The molecule has 1 aliphatic heterocycles. The van der Waals surface area contributed by atoms with Crippen molar-refractivity contribution in [2.45, 2.75) is 25.9 Å².